The normalized spacial score (nSPS) is 22.3. The van der Waals surface area contributed by atoms with Crippen molar-refractivity contribution < 1.29 is 43.9 Å². The highest BCUT2D eigenvalue weighted by atomic mass is 16.5. The number of aromatic hydroxyl groups is 1. The molecule has 0 saturated heterocycles. The van der Waals surface area contributed by atoms with Crippen LogP contribution in [0.2, 0.25) is 0 Å². The third-order valence-electron chi connectivity index (χ3n) is 12.4. The molecule has 0 aromatic heterocycles. The molecule has 0 spiro atoms. The molecular formula is C43H44N2O11. The summed E-state index contributed by atoms with van der Waals surface area (Å²) in [5, 5.41) is 41.6. The summed E-state index contributed by atoms with van der Waals surface area (Å²) >= 11 is 0. The fourth-order valence-corrected chi connectivity index (χ4v) is 10.1. The Balaban J connectivity index is 1.61. The van der Waals surface area contributed by atoms with Crippen molar-refractivity contribution in [2.24, 2.45) is 11.8 Å². The van der Waals surface area contributed by atoms with Gasteiger partial charge >= 0.3 is 11.9 Å². The maximum atomic E-state index is 15.5. The molecule has 0 bridgehead atoms. The molecule has 5 aromatic rings. The molecule has 13 nitrogen and oxygen atoms in total. The van der Waals surface area contributed by atoms with Crippen LogP contribution >= 0.6 is 0 Å². The number of phenols is 1. The number of hydrogen-bond acceptors (Lipinski definition) is 11. The number of anilines is 2. The van der Waals surface area contributed by atoms with E-state index < -0.39 is 40.9 Å². The first-order valence-electron chi connectivity index (χ1n) is 19.0. The molecule has 0 heterocycles. The molecule has 5 aromatic carbocycles. The number of ether oxygens (including phenoxy) is 3. The minimum atomic E-state index is -0.958. The lowest BCUT2D eigenvalue weighted by atomic mass is 9.80. The predicted molar refractivity (Wildman–Crippen MR) is 214 cm³/mol. The van der Waals surface area contributed by atoms with Crippen molar-refractivity contribution in [1.29, 1.82) is 0 Å². The molecule has 3 aliphatic rings. The van der Waals surface area contributed by atoms with Gasteiger partial charge in [-0.15, -0.1) is 0 Å². The Morgan fingerprint density at radius 2 is 1.29 bits per heavy atom. The number of benzene rings is 5. The van der Waals surface area contributed by atoms with Crippen LogP contribution < -0.4 is 35.7 Å². The summed E-state index contributed by atoms with van der Waals surface area (Å²) < 4.78 is 17.9. The Morgan fingerprint density at radius 3 is 1.84 bits per heavy atom. The number of ketones is 1. The zero-order valence-electron chi connectivity index (χ0n) is 31.9. The van der Waals surface area contributed by atoms with Crippen molar-refractivity contribution in [3.05, 3.63) is 49.3 Å². The maximum Gasteiger partial charge on any atom is 0.306 e. The van der Waals surface area contributed by atoms with Gasteiger partial charge in [0.25, 0.3) is 0 Å². The quantitative estimate of drug-likeness (QED) is 0.0734. The molecule has 0 amide bonds. The van der Waals surface area contributed by atoms with E-state index in [-0.39, 0.29) is 51.3 Å². The van der Waals surface area contributed by atoms with E-state index in [1.165, 1.54) is 34.3 Å². The monoisotopic (exact) mass is 764 g/mol. The van der Waals surface area contributed by atoms with Crippen molar-refractivity contribution in [3.63, 3.8) is 0 Å². The number of phenolic OH excluding ortho intramolecular Hbond substituents is 1. The largest absolute Gasteiger partial charge is 0.504 e. The van der Waals surface area contributed by atoms with Crippen LogP contribution in [-0.2, 0) is 14.4 Å². The van der Waals surface area contributed by atoms with E-state index in [1.54, 1.807) is 19.1 Å². The minimum absolute atomic E-state index is 0.0430. The van der Waals surface area contributed by atoms with Gasteiger partial charge < -0.3 is 40.2 Å². The number of aliphatic carboxylic acids is 2. The first-order chi connectivity index (χ1) is 26.8. The van der Waals surface area contributed by atoms with Crippen LogP contribution in [0.15, 0.2) is 27.3 Å². The van der Waals surface area contributed by atoms with Crippen LogP contribution in [0, 0.1) is 11.8 Å². The number of nitrogens with one attached hydrogen (secondary N) is 2. The number of carbonyl (C=O) groups excluding carboxylic acids is 1. The Bertz CT molecular complexity index is 2650. The summed E-state index contributed by atoms with van der Waals surface area (Å²) in [6.45, 7) is 3.21. The summed E-state index contributed by atoms with van der Waals surface area (Å²) in [6, 6.07) is 2.32. The second-order valence-corrected chi connectivity index (χ2v) is 15.6. The Labute approximate surface area is 320 Å². The van der Waals surface area contributed by atoms with Crippen LogP contribution in [0.5, 0.6) is 23.0 Å². The number of Topliss-reactive ketones (excluding diaryl/α,β-unsaturated/α-hetero) is 1. The number of allylic oxidation sites excluding steroid dienone is 1. The average molecular weight is 765 g/mol. The molecule has 8 rings (SSSR count). The first kappa shape index (κ1) is 37.1. The summed E-state index contributed by atoms with van der Waals surface area (Å²) in [7, 11) is 4.28. The lowest BCUT2D eigenvalue weighted by Crippen LogP contribution is -2.33. The van der Waals surface area contributed by atoms with E-state index in [4.69, 9.17) is 14.2 Å². The van der Waals surface area contributed by atoms with E-state index in [2.05, 4.69) is 10.6 Å². The zero-order valence-corrected chi connectivity index (χ0v) is 31.9. The molecule has 56 heavy (non-hydrogen) atoms. The second kappa shape index (κ2) is 13.7. The number of carboxylic acids is 2. The van der Waals surface area contributed by atoms with Crippen molar-refractivity contribution >= 4 is 78.3 Å². The van der Waals surface area contributed by atoms with Gasteiger partial charge in [0, 0.05) is 68.0 Å². The highest BCUT2D eigenvalue weighted by Crippen LogP contribution is 2.57. The highest BCUT2D eigenvalue weighted by Gasteiger charge is 2.38. The number of fused-ring (bicyclic) bond motifs is 1. The van der Waals surface area contributed by atoms with Crippen LogP contribution in [0.25, 0.3) is 49.2 Å². The molecular weight excluding hydrogens is 720 g/mol. The van der Waals surface area contributed by atoms with Gasteiger partial charge in [-0.3, -0.25) is 24.0 Å². The fourth-order valence-electron chi connectivity index (χ4n) is 10.1. The molecule has 0 radical (unpaired) electrons. The molecule has 292 valence electrons. The van der Waals surface area contributed by atoms with Crippen molar-refractivity contribution in [2.45, 2.75) is 83.2 Å². The highest BCUT2D eigenvalue weighted by molar-refractivity contribution is 6.40. The number of carbonyl (C=O) groups is 3. The average Bonchev–Trinajstić information content (AvgIpc) is 3.30. The van der Waals surface area contributed by atoms with E-state index in [9.17, 15) is 34.5 Å². The van der Waals surface area contributed by atoms with Gasteiger partial charge in [0.2, 0.25) is 5.43 Å². The van der Waals surface area contributed by atoms with Gasteiger partial charge in [-0.25, -0.2) is 0 Å². The molecule has 2 saturated carbocycles. The SMILES string of the molecule is COc1c(O)c2c(=O)cc(OC)c3c4c(OC)cc(NC5CCCC(C(=O)O)C5)c5c(=O)c(NC6CCCC(C(=O)O)C6)c6c(c(c1C(C(C)=O)C(C)=C6)c23)c54. The molecule has 3 aliphatic carbocycles. The van der Waals surface area contributed by atoms with Gasteiger partial charge in [0.15, 0.2) is 16.9 Å². The Morgan fingerprint density at radius 1 is 0.714 bits per heavy atom. The van der Waals surface area contributed by atoms with Gasteiger partial charge in [-0.1, -0.05) is 24.5 Å². The first-order valence-corrected chi connectivity index (χ1v) is 19.0. The molecule has 5 unspecified atom stereocenters. The van der Waals surface area contributed by atoms with Gasteiger partial charge in [-0.2, -0.15) is 0 Å². The van der Waals surface area contributed by atoms with Crippen molar-refractivity contribution in [2.75, 3.05) is 32.0 Å². The van der Waals surface area contributed by atoms with Crippen molar-refractivity contribution in [3.8, 4) is 23.0 Å². The fraction of sp³-hybridized carbons (Fsp3) is 0.419. The lowest BCUT2D eigenvalue weighted by molar-refractivity contribution is -0.143. The van der Waals surface area contributed by atoms with E-state index >= 15 is 4.79 Å². The maximum absolute atomic E-state index is 15.5. The zero-order chi connectivity index (χ0) is 39.9. The molecule has 13 heteroatoms. The van der Waals surface area contributed by atoms with Gasteiger partial charge in [0.05, 0.1) is 55.5 Å². The van der Waals surface area contributed by atoms with Crippen molar-refractivity contribution in [1.82, 2.24) is 0 Å². The predicted octanol–water partition coefficient (Wildman–Crippen LogP) is 6.83. The van der Waals surface area contributed by atoms with Gasteiger partial charge in [0.1, 0.15) is 17.3 Å². The standard InChI is InChI=1S/C43H44N2O11/c1-17-12-23-29-34-30(39(48)38(23)45-22-11-7-9-20(14-22)43(52)53)24(44-21-10-6-8-19(13-21)42(50)51)15-26(54-3)32(34)33-27(55-4)16-25(47)31-36(33)35(29)37(28(17)18(2)46)41(56-5)40(31)49/h12,15-16,19-22,28,44-45,49H,6-11,13-14H2,1-5H3,(H,50,51)(H,52,53). The van der Waals surface area contributed by atoms with Crippen LogP contribution in [0.4, 0.5) is 11.4 Å². The lowest BCUT2D eigenvalue weighted by Gasteiger charge is -2.31. The van der Waals surface area contributed by atoms with E-state index in [0.717, 1.165) is 0 Å². The van der Waals surface area contributed by atoms with Crippen LogP contribution in [0.3, 0.4) is 0 Å². The molecule has 5 atom stereocenters. The van der Waals surface area contributed by atoms with Gasteiger partial charge in [-0.05, 0) is 57.8 Å². The second-order valence-electron chi connectivity index (χ2n) is 15.6. The Hall–Kier alpha value is -5.85. The van der Waals surface area contributed by atoms with Crippen LogP contribution in [0.1, 0.15) is 82.3 Å². The molecule has 0 aliphatic heterocycles. The topological polar surface area (TPSA) is 198 Å². The third kappa shape index (κ3) is 5.45. The summed E-state index contributed by atoms with van der Waals surface area (Å²) in [4.78, 5) is 67.6. The number of hydrogen-bond donors (Lipinski definition) is 5. The smallest absolute Gasteiger partial charge is 0.306 e. The minimum Gasteiger partial charge on any atom is -0.504 e. The van der Waals surface area contributed by atoms with Crippen LogP contribution in [-0.4, -0.2) is 66.5 Å². The van der Waals surface area contributed by atoms with E-state index in [0.29, 0.717) is 112 Å². The summed E-state index contributed by atoms with van der Waals surface area (Å²) in [5.41, 5.74) is 1.03. The van der Waals surface area contributed by atoms with E-state index in [1.807, 2.05) is 0 Å². The summed E-state index contributed by atoms with van der Waals surface area (Å²) in [5.74, 6) is -4.13. The number of methoxy groups -OCH3 is 3. The third-order valence-corrected chi connectivity index (χ3v) is 12.4. The molecule has 2 fully saturated rings. The number of rotatable bonds is 10. The molecule has 5 N–H and O–H groups in total. The summed E-state index contributed by atoms with van der Waals surface area (Å²) in [6.07, 6.45) is 6.10. The number of carboxylic acid groups (broad SMARTS) is 2. The Kier molecular flexibility index (Phi) is 9.08.